The average Bonchev–Trinajstić information content (AvgIpc) is 3.04. The highest BCUT2D eigenvalue weighted by molar-refractivity contribution is 14.0. The monoisotopic (exact) mass is 531 g/mol. The van der Waals surface area contributed by atoms with Crippen LogP contribution in [0.25, 0.3) is 0 Å². The fourth-order valence-electron chi connectivity index (χ4n) is 2.54. The Balaban J connectivity index is 0.00000364. The minimum atomic E-state index is -4.48. The maximum Gasteiger partial charge on any atom is 0.434 e. The molecule has 1 unspecified atom stereocenters. The van der Waals surface area contributed by atoms with Gasteiger partial charge in [0.2, 0.25) is 0 Å². The minimum Gasteiger partial charge on any atom is -0.350 e. The molecule has 0 radical (unpaired) electrons. The lowest BCUT2D eigenvalue weighted by atomic mass is 10.2. The zero-order valence-corrected chi connectivity index (χ0v) is 17.7. The van der Waals surface area contributed by atoms with Gasteiger partial charge in [0.05, 0.1) is 6.54 Å². The summed E-state index contributed by atoms with van der Waals surface area (Å²) in [7, 11) is 1.51. The second kappa shape index (κ2) is 9.58. The summed E-state index contributed by atoms with van der Waals surface area (Å²) in [5.74, 6) is 0.424. The Hall–Kier alpha value is -0.830. The summed E-state index contributed by atoms with van der Waals surface area (Å²) >= 11 is 0.882. The van der Waals surface area contributed by atoms with Crippen LogP contribution in [-0.2, 0) is 12.7 Å². The lowest BCUT2D eigenvalue weighted by Crippen LogP contribution is -2.56. The van der Waals surface area contributed by atoms with Crippen molar-refractivity contribution in [2.75, 3.05) is 33.2 Å². The van der Waals surface area contributed by atoms with E-state index < -0.39 is 24.1 Å². The predicted molar refractivity (Wildman–Crippen MR) is 101 cm³/mol. The van der Waals surface area contributed by atoms with E-state index >= 15 is 0 Å². The Kier molecular flexibility index (Phi) is 8.59. The molecule has 1 aromatic heterocycles. The summed E-state index contributed by atoms with van der Waals surface area (Å²) in [5, 5.41) is 4.10. The number of guanidine groups is 1. The number of hydrogen-bond acceptors (Lipinski definition) is 4. The number of nitrogens with one attached hydrogen (secondary N) is 1. The van der Waals surface area contributed by atoms with Crippen LogP contribution in [0.5, 0.6) is 0 Å². The van der Waals surface area contributed by atoms with Crippen LogP contribution < -0.4 is 5.32 Å². The van der Waals surface area contributed by atoms with Gasteiger partial charge in [0, 0.05) is 38.6 Å². The number of aromatic nitrogens is 1. The summed E-state index contributed by atoms with van der Waals surface area (Å²) in [6.07, 6.45) is -8.76. The summed E-state index contributed by atoms with van der Waals surface area (Å²) < 4.78 is 76.0. The van der Waals surface area contributed by atoms with Gasteiger partial charge < -0.3 is 10.2 Å². The maximum atomic E-state index is 12.8. The van der Waals surface area contributed by atoms with Gasteiger partial charge >= 0.3 is 12.4 Å². The highest BCUT2D eigenvalue weighted by Crippen LogP contribution is 2.30. The van der Waals surface area contributed by atoms with E-state index in [4.69, 9.17) is 0 Å². The first-order chi connectivity index (χ1) is 12.0. The molecule has 0 bridgehead atoms. The van der Waals surface area contributed by atoms with Crippen LogP contribution in [0.15, 0.2) is 10.4 Å². The van der Waals surface area contributed by atoms with E-state index in [1.807, 2.05) is 0 Å². The molecule has 5 nitrogen and oxygen atoms in total. The van der Waals surface area contributed by atoms with Gasteiger partial charge in [0.25, 0.3) is 0 Å². The van der Waals surface area contributed by atoms with Crippen molar-refractivity contribution in [2.24, 2.45) is 4.99 Å². The van der Waals surface area contributed by atoms with Crippen LogP contribution in [-0.4, -0.2) is 66.2 Å². The zero-order chi connectivity index (χ0) is 19.5. The van der Waals surface area contributed by atoms with Gasteiger partial charge in [0.1, 0.15) is 11.0 Å². The van der Waals surface area contributed by atoms with E-state index in [9.17, 15) is 26.3 Å². The van der Waals surface area contributed by atoms with E-state index in [0.29, 0.717) is 19.0 Å². The highest BCUT2D eigenvalue weighted by Gasteiger charge is 2.41. The molecule has 13 heteroatoms. The van der Waals surface area contributed by atoms with Crippen LogP contribution in [0.4, 0.5) is 26.3 Å². The van der Waals surface area contributed by atoms with Crippen molar-refractivity contribution in [3.63, 3.8) is 0 Å². The first kappa shape index (κ1) is 24.2. The lowest BCUT2D eigenvalue weighted by molar-refractivity contribution is -0.181. The molecule has 27 heavy (non-hydrogen) atoms. The normalized spacial score (nSPS) is 18.2. The summed E-state index contributed by atoms with van der Waals surface area (Å²) in [6.45, 7) is 2.31. The summed E-state index contributed by atoms with van der Waals surface area (Å²) in [5.41, 5.74) is -0.941. The first-order valence-corrected chi connectivity index (χ1v) is 8.68. The minimum absolute atomic E-state index is 0. The Morgan fingerprint density at radius 1 is 1.22 bits per heavy atom. The first-order valence-electron chi connectivity index (χ1n) is 7.80. The van der Waals surface area contributed by atoms with Gasteiger partial charge in [-0.05, 0) is 6.92 Å². The second-order valence-corrected chi connectivity index (χ2v) is 6.71. The molecule has 0 aliphatic carbocycles. The molecule has 1 aromatic rings. The lowest BCUT2D eigenvalue weighted by Gasteiger charge is -2.39. The van der Waals surface area contributed by atoms with E-state index in [1.165, 1.54) is 11.9 Å². The van der Waals surface area contributed by atoms with Crippen LogP contribution in [0.1, 0.15) is 17.6 Å². The number of nitrogens with zero attached hydrogens (tertiary/aromatic N) is 4. The van der Waals surface area contributed by atoms with Crippen molar-refractivity contribution < 1.29 is 26.3 Å². The van der Waals surface area contributed by atoms with Gasteiger partial charge in [-0.1, -0.05) is 0 Å². The molecular weight excluding hydrogens is 511 g/mol. The maximum absolute atomic E-state index is 12.8. The fraction of sp³-hybridized carbons (Fsp3) is 0.714. The zero-order valence-electron chi connectivity index (χ0n) is 14.6. The Morgan fingerprint density at radius 2 is 1.81 bits per heavy atom. The van der Waals surface area contributed by atoms with Crippen LogP contribution in [0.2, 0.25) is 0 Å². The number of rotatable bonds is 3. The van der Waals surface area contributed by atoms with Crippen molar-refractivity contribution in [3.05, 3.63) is 16.1 Å². The van der Waals surface area contributed by atoms with Crippen molar-refractivity contribution >= 4 is 41.3 Å². The molecule has 1 aliphatic rings. The molecular formula is C14H20F6IN5S. The molecule has 1 fully saturated rings. The molecule has 156 valence electrons. The van der Waals surface area contributed by atoms with Gasteiger partial charge in [-0.25, -0.2) is 4.98 Å². The molecule has 1 aliphatic heterocycles. The smallest absolute Gasteiger partial charge is 0.350 e. The number of piperazine rings is 1. The number of aliphatic imine (C=N–C) groups is 1. The molecule has 1 saturated heterocycles. The van der Waals surface area contributed by atoms with Crippen LogP contribution >= 0.6 is 35.3 Å². The Bertz CT molecular complexity index is 624. The molecule has 0 amide bonds. The van der Waals surface area contributed by atoms with E-state index in [1.54, 1.807) is 4.90 Å². The molecule has 1 N–H and O–H groups in total. The van der Waals surface area contributed by atoms with Crippen molar-refractivity contribution in [2.45, 2.75) is 31.9 Å². The number of halogens is 7. The average molecular weight is 531 g/mol. The largest absolute Gasteiger partial charge is 0.434 e. The van der Waals surface area contributed by atoms with Gasteiger partial charge in [-0.2, -0.15) is 26.3 Å². The third kappa shape index (κ3) is 6.62. The second-order valence-electron chi connectivity index (χ2n) is 5.77. The standard InChI is InChI=1S/C14H19F6N5S.HI/c1-9(13(15,16)17)24-3-5-25(6-4-24)12(21-2)22-7-11-23-10(8-26-11)14(18,19)20;/h8-9H,3-7H2,1-2H3,(H,21,22);1H. The third-order valence-corrected chi connectivity index (χ3v) is 4.94. The van der Waals surface area contributed by atoms with Crippen LogP contribution in [0, 0.1) is 0 Å². The number of thiazole rings is 1. The summed E-state index contributed by atoms with van der Waals surface area (Å²) in [6, 6.07) is -1.52. The van der Waals surface area contributed by atoms with E-state index in [-0.39, 0.29) is 48.6 Å². The third-order valence-electron chi connectivity index (χ3n) is 4.09. The molecule has 0 aromatic carbocycles. The topological polar surface area (TPSA) is 43.8 Å². The molecule has 2 heterocycles. The SMILES string of the molecule is CN=C(NCc1nc(C(F)(F)F)cs1)N1CCN(C(C)C(F)(F)F)CC1.I. The molecule has 1 atom stereocenters. The van der Waals surface area contributed by atoms with Gasteiger partial charge in [-0.15, -0.1) is 35.3 Å². The fourth-order valence-corrected chi connectivity index (χ4v) is 3.28. The molecule has 2 rings (SSSR count). The van der Waals surface area contributed by atoms with Crippen molar-refractivity contribution in [1.29, 1.82) is 0 Å². The summed E-state index contributed by atoms with van der Waals surface area (Å²) in [4.78, 5) is 10.7. The van der Waals surface area contributed by atoms with Crippen LogP contribution in [0.3, 0.4) is 0 Å². The van der Waals surface area contributed by atoms with Crippen molar-refractivity contribution in [3.8, 4) is 0 Å². The van der Waals surface area contributed by atoms with Crippen molar-refractivity contribution in [1.82, 2.24) is 20.1 Å². The molecule has 0 spiro atoms. The highest BCUT2D eigenvalue weighted by atomic mass is 127. The quantitative estimate of drug-likeness (QED) is 0.281. The van der Waals surface area contributed by atoms with E-state index in [2.05, 4.69) is 15.3 Å². The van der Waals surface area contributed by atoms with Gasteiger partial charge in [0.15, 0.2) is 11.7 Å². The van der Waals surface area contributed by atoms with E-state index in [0.717, 1.165) is 23.6 Å². The number of alkyl halides is 6. The van der Waals surface area contributed by atoms with Gasteiger partial charge in [-0.3, -0.25) is 9.89 Å². The molecule has 0 saturated carbocycles. The number of hydrogen-bond donors (Lipinski definition) is 1. The Morgan fingerprint density at radius 3 is 2.26 bits per heavy atom. The Labute approximate surface area is 173 Å². The predicted octanol–water partition coefficient (Wildman–Crippen LogP) is 3.42.